The molecule has 2 aromatic carbocycles. The largest absolute Gasteiger partial charge is 0.493 e. The third kappa shape index (κ3) is 3.60. The van der Waals surface area contributed by atoms with Gasteiger partial charge in [0.1, 0.15) is 5.75 Å². The van der Waals surface area contributed by atoms with Crippen molar-refractivity contribution in [3.8, 4) is 5.75 Å². The van der Waals surface area contributed by atoms with Crippen LogP contribution in [0.2, 0.25) is 0 Å². The van der Waals surface area contributed by atoms with E-state index in [0.717, 1.165) is 16.6 Å². The van der Waals surface area contributed by atoms with Gasteiger partial charge in [-0.05, 0) is 36.2 Å². The summed E-state index contributed by atoms with van der Waals surface area (Å²) in [5.41, 5.74) is 2.50. The third-order valence-electron chi connectivity index (χ3n) is 2.59. The van der Waals surface area contributed by atoms with Gasteiger partial charge in [0.2, 0.25) is 0 Å². The number of benzene rings is 2. The van der Waals surface area contributed by atoms with E-state index in [9.17, 15) is 0 Å². The predicted octanol–water partition coefficient (Wildman–Crippen LogP) is 4.38. The Morgan fingerprint density at radius 2 is 1.88 bits per heavy atom. The fraction of sp³-hybridized carbons (Fsp3) is 0.200. The van der Waals surface area contributed by atoms with Crippen LogP contribution in [0.15, 0.2) is 53.0 Å². The number of halogens is 1. The quantitative estimate of drug-likeness (QED) is 0.812. The summed E-state index contributed by atoms with van der Waals surface area (Å²) in [6.07, 6.45) is 0.912. The van der Waals surface area contributed by atoms with E-state index in [2.05, 4.69) is 47.1 Å². The summed E-state index contributed by atoms with van der Waals surface area (Å²) in [5, 5.41) is 0. The van der Waals surface area contributed by atoms with Crippen molar-refractivity contribution >= 4 is 15.9 Å². The summed E-state index contributed by atoms with van der Waals surface area (Å²) in [5.74, 6) is 0.942. The maximum atomic E-state index is 5.72. The van der Waals surface area contributed by atoms with Crippen molar-refractivity contribution in [3.63, 3.8) is 0 Å². The predicted molar refractivity (Wildman–Crippen MR) is 74.5 cm³/mol. The first kappa shape index (κ1) is 12.2. The fourth-order valence-corrected chi connectivity index (χ4v) is 2.17. The van der Waals surface area contributed by atoms with E-state index in [-0.39, 0.29) is 0 Å². The van der Waals surface area contributed by atoms with E-state index in [4.69, 9.17) is 4.74 Å². The molecule has 0 saturated heterocycles. The molecule has 0 bridgehead atoms. The van der Waals surface area contributed by atoms with Gasteiger partial charge in [0.15, 0.2) is 0 Å². The zero-order chi connectivity index (χ0) is 12.1. The molecule has 0 atom stereocenters. The van der Waals surface area contributed by atoms with Gasteiger partial charge in [-0.2, -0.15) is 0 Å². The van der Waals surface area contributed by atoms with Crippen LogP contribution in [0.1, 0.15) is 11.1 Å². The number of aryl methyl sites for hydroxylation is 1. The van der Waals surface area contributed by atoms with Gasteiger partial charge < -0.3 is 4.74 Å². The van der Waals surface area contributed by atoms with E-state index in [1.807, 2.05) is 24.3 Å². The fourth-order valence-electron chi connectivity index (χ4n) is 1.69. The highest BCUT2D eigenvalue weighted by Gasteiger charge is 1.99. The van der Waals surface area contributed by atoms with E-state index < -0.39 is 0 Å². The van der Waals surface area contributed by atoms with Gasteiger partial charge in [0, 0.05) is 10.9 Å². The van der Waals surface area contributed by atoms with Crippen molar-refractivity contribution in [2.75, 3.05) is 6.61 Å². The molecule has 0 radical (unpaired) electrons. The summed E-state index contributed by atoms with van der Waals surface area (Å²) >= 11 is 3.54. The molecule has 1 nitrogen and oxygen atoms in total. The first-order valence-corrected chi connectivity index (χ1v) is 6.48. The van der Waals surface area contributed by atoms with E-state index >= 15 is 0 Å². The molecule has 0 saturated carbocycles. The Bertz CT molecular complexity index is 494. The second kappa shape index (κ2) is 5.87. The second-order valence-electron chi connectivity index (χ2n) is 4.01. The van der Waals surface area contributed by atoms with Crippen LogP contribution >= 0.6 is 15.9 Å². The average Bonchev–Trinajstić information content (AvgIpc) is 2.32. The molecule has 0 spiro atoms. The van der Waals surface area contributed by atoms with Crippen molar-refractivity contribution in [2.24, 2.45) is 0 Å². The lowest BCUT2D eigenvalue weighted by Gasteiger charge is -2.08. The Morgan fingerprint density at radius 3 is 2.65 bits per heavy atom. The van der Waals surface area contributed by atoms with Gasteiger partial charge in [-0.25, -0.2) is 0 Å². The van der Waals surface area contributed by atoms with Crippen molar-refractivity contribution in [1.29, 1.82) is 0 Å². The number of hydrogen-bond acceptors (Lipinski definition) is 1. The van der Waals surface area contributed by atoms with Crippen LogP contribution in [-0.4, -0.2) is 6.61 Å². The van der Waals surface area contributed by atoms with Gasteiger partial charge in [-0.1, -0.05) is 46.3 Å². The van der Waals surface area contributed by atoms with Gasteiger partial charge in [-0.15, -0.1) is 0 Å². The SMILES string of the molecule is Cc1cccc(OCCc2ccccc2Br)c1. The maximum absolute atomic E-state index is 5.72. The maximum Gasteiger partial charge on any atom is 0.119 e. The molecule has 2 heteroatoms. The Morgan fingerprint density at radius 1 is 1.06 bits per heavy atom. The molecule has 0 aliphatic rings. The Kier molecular flexibility index (Phi) is 4.21. The van der Waals surface area contributed by atoms with E-state index in [1.165, 1.54) is 11.1 Å². The topological polar surface area (TPSA) is 9.23 Å². The van der Waals surface area contributed by atoms with Crippen molar-refractivity contribution in [1.82, 2.24) is 0 Å². The molecule has 88 valence electrons. The monoisotopic (exact) mass is 290 g/mol. The van der Waals surface area contributed by atoms with E-state index in [1.54, 1.807) is 0 Å². The second-order valence-corrected chi connectivity index (χ2v) is 4.86. The summed E-state index contributed by atoms with van der Waals surface area (Å²) in [4.78, 5) is 0. The molecule has 0 aliphatic carbocycles. The molecular formula is C15H15BrO. The van der Waals surface area contributed by atoms with Crippen molar-refractivity contribution in [3.05, 3.63) is 64.1 Å². The third-order valence-corrected chi connectivity index (χ3v) is 3.36. The van der Waals surface area contributed by atoms with Crippen LogP contribution in [0.3, 0.4) is 0 Å². The summed E-state index contributed by atoms with van der Waals surface area (Å²) in [6, 6.07) is 16.4. The van der Waals surface area contributed by atoms with Crippen LogP contribution < -0.4 is 4.74 Å². The molecule has 2 rings (SSSR count). The van der Waals surface area contributed by atoms with E-state index in [0.29, 0.717) is 6.61 Å². The Balaban J connectivity index is 1.90. The van der Waals surface area contributed by atoms with Gasteiger partial charge in [0.05, 0.1) is 6.61 Å². The standard InChI is InChI=1S/C15H15BrO/c1-12-5-4-7-14(11-12)17-10-9-13-6-2-3-8-15(13)16/h2-8,11H,9-10H2,1H3. The Labute approximate surface area is 111 Å². The van der Waals surface area contributed by atoms with Crippen LogP contribution in [0.4, 0.5) is 0 Å². The van der Waals surface area contributed by atoms with Crippen LogP contribution in [-0.2, 0) is 6.42 Å². The lowest BCUT2D eigenvalue weighted by Crippen LogP contribution is -2.01. The molecule has 2 aromatic rings. The average molecular weight is 291 g/mol. The molecule has 0 fully saturated rings. The first-order valence-electron chi connectivity index (χ1n) is 5.68. The Hall–Kier alpha value is -1.28. The molecule has 0 heterocycles. The summed E-state index contributed by atoms with van der Waals surface area (Å²) in [6.45, 7) is 2.77. The zero-order valence-electron chi connectivity index (χ0n) is 9.82. The van der Waals surface area contributed by atoms with Gasteiger partial charge in [-0.3, -0.25) is 0 Å². The highest BCUT2D eigenvalue weighted by atomic mass is 79.9. The normalized spacial score (nSPS) is 10.2. The zero-order valence-corrected chi connectivity index (χ0v) is 11.4. The molecule has 0 amide bonds. The molecule has 17 heavy (non-hydrogen) atoms. The minimum absolute atomic E-state index is 0.700. The summed E-state index contributed by atoms with van der Waals surface area (Å²) < 4.78 is 6.87. The number of rotatable bonds is 4. The lowest BCUT2D eigenvalue weighted by molar-refractivity contribution is 0.321. The smallest absolute Gasteiger partial charge is 0.119 e. The number of hydrogen-bond donors (Lipinski definition) is 0. The van der Waals surface area contributed by atoms with Crippen molar-refractivity contribution < 1.29 is 4.74 Å². The minimum Gasteiger partial charge on any atom is -0.493 e. The van der Waals surface area contributed by atoms with Crippen LogP contribution in [0.25, 0.3) is 0 Å². The first-order chi connectivity index (χ1) is 8.25. The van der Waals surface area contributed by atoms with Crippen molar-refractivity contribution in [2.45, 2.75) is 13.3 Å². The molecular weight excluding hydrogens is 276 g/mol. The minimum atomic E-state index is 0.700. The highest BCUT2D eigenvalue weighted by Crippen LogP contribution is 2.17. The molecule has 0 aliphatic heterocycles. The number of ether oxygens (including phenoxy) is 1. The molecule has 0 unspecified atom stereocenters. The van der Waals surface area contributed by atoms with Gasteiger partial charge in [0.25, 0.3) is 0 Å². The molecule has 0 N–H and O–H groups in total. The highest BCUT2D eigenvalue weighted by molar-refractivity contribution is 9.10. The van der Waals surface area contributed by atoms with Gasteiger partial charge >= 0.3 is 0 Å². The van der Waals surface area contributed by atoms with Crippen LogP contribution in [0, 0.1) is 6.92 Å². The van der Waals surface area contributed by atoms with Crippen LogP contribution in [0.5, 0.6) is 5.75 Å². The molecule has 0 aromatic heterocycles. The summed E-state index contributed by atoms with van der Waals surface area (Å²) in [7, 11) is 0. The lowest BCUT2D eigenvalue weighted by atomic mass is 10.2.